The third kappa shape index (κ3) is 4.05. The van der Waals surface area contributed by atoms with E-state index in [9.17, 15) is 15.0 Å². The molecule has 5 nitrogen and oxygen atoms in total. The molecule has 2 aromatic carbocycles. The Morgan fingerprint density at radius 1 is 1.21 bits per heavy atom. The van der Waals surface area contributed by atoms with Gasteiger partial charge in [0.15, 0.2) is 0 Å². The highest BCUT2D eigenvalue weighted by Gasteiger charge is 2.47. The highest BCUT2D eigenvalue weighted by molar-refractivity contribution is 5.66. The van der Waals surface area contributed by atoms with E-state index in [1.165, 1.54) is 0 Å². The Bertz CT molecular complexity index is 809. The van der Waals surface area contributed by atoms with Crippen LogP contribution < -0.4 is 0 Å². The molecule has 1 aliphatic rings. The van der Waals surface area contributed by atoms with E-state index in [1.54, 1.807) is 12.1 Å². The van der Waals surface area contributed by atoms with Crippen LogP contribution in [0.4, 0.5) is 0 Å². The van der Waals surface area contributed by atoms with Gasteiger partial charge in [-0.2, -0.15) is 0 Å². The number of phenols is 1. The fourth-order valence-electron chi connectivity index (χ4n) is 4.53. The molecular weight excluding hydrogens is 354 g/mol. The molecule has 5 heteroatoms. The molecule has 0 aliphatic carbocycles. The van der Waals surface area contributed by atoms with E-state index in [-0.39, 0.29) is 29.5 Å². The number of carboxylic acid groups (broad SMARTS) is 1. The summed E-state index contributed by atoms with van der Waals surface area (Å²) in [7, 11) is 0. The first-order valence-corrected chi connectivity index (χ1v) is 9.81. The molecular formula is C23H29NO4. The molecule has 3 N–H and O–H groups in total. The molecule has 1 fully saturated rings. The van der Waals surface area contributed by atoms with E-state index in [0.717, 1.165) is 17.5 Å². The minimum absolute atomic E-state index is 0.0482. The molecule has 28 heavy (non-hydrogen) atoms. The smallest absolute Gasteiger partial charge is 0.304 e. The molecule has 150 valence electrons. The highest BCUT2D eigenvalue weighted by atomic mass is 16.4. The molecule has 1 heterocycles. The zero-order valence-electron chi connectivity index (χ0n) is 16.5. The van der Waals surface area contributed by atoms with Crippen molar-refractivity contribution in [1.82, 2.24) is 4.90 Å². The van der Waals surface area contributed by atoms with Crippen LogP contribution in [0.15, 0.2) is 54.6 Å². The number of hydrogen-bond acceptors (Lipinski definition) is 4. The number of piperidine rings is 1. The van der Waals surface area contributed by atoms with E-state index >= 15 is 0 Å². The molecule has 0 radical (unpaired) electrons. The zero-order valence-corrected chi connectivity index (χ0v) is 16.5. The first-order valence-electron chi connectivity index (χ1n) is 9.81. The van der Waals surface area contributed by atoms with E-state index in [0.29, 0.717) is 13.1 Å². The quantitative estimate of drug-likeness (QED) is 0.711. The molecule has 1 unspecified atom stereocenters. The highest BCUT2D eigenvalue weighted by Crippen LogP contribution is 2.46. The van der Waals surface area contributed by atoms with Gasteiger partial charge in [0.1, 0.15) is 5.75 Å². The minimum Gasteiger partial charge on any atom is -0.508 e. The number of benzene rings is 2. The van der Waals surface area contributed by atoms with Crippen LogP contribution in [0.1, 0.15) is 43.9 Å². The van der Waals surface area contributed by atoms with Crippen molar-refractivity contribution in [2.75, 3.05) is 13.1 Å². The molecule has 0 aromatic heterocycles. The summed E-state index contributed by atoms with van der Waals surface area (Å²) in [5.74, 6) is -0.548. The first kappa shape index (κ1) is 20.4. The Labute approximate surface area is 166 Å². The first-order chi connectivity index (χ1) is 13.3. The summed E-state index contributed by atoms with van der Waals surface area (Å²) >= 11 is 0. The fraction of sp³-hybridized carbons (Fsp3) is 0.435. The van der Waals surface area contributed by atoms with E-state index < -0.39 is 12.1 Å². The average molecular weight is 383 g/mol. The number of aliphatic carboxylic acids is 1. The summed E-state index contributed by atoms with van der Waals surface area (Å²) in [4.78, 5) is 13.3. The average Bonchev–Trinajstić information content (AvgIpc) is 2.69. The van der Waals surface area contributed by atoms with Crippen LogP contribution in [0.3, 0.4) is 0 Å². The number of aromatic hydroxyl groups is 1. The maximum atomic E-state index is 11.2. The Kier molecular flexibility index (Phi) is 6.06. The standard InChI is InChI=1S/C23H29NO4/c1-16-21(22(28)17-7-4-3-5-8-17)24(13-11-20(26)27)14-12-23(16,2)18-9-6-10-19(25)15-18/h3-10,15-16,21-22,25,28H,11-14H2,1-2H3,(H,26,27)/t16-,21?,22-,23+/m0/s1. The summed E-state index contributed by atoms with van der Waals surface area (Å²) in [5, 5.41) is 30.4. The van der Waals surface area contributed by atoms with Crippen LogP contribution in [0, 0.1) is 5.92 Å². The number of rotatable bonds is 6. The molecule has 0 saturated carbocycles. The van der Waals surface area contributed by atoms with Gasteiger partial charge in [-0.15, -0.1) is 0 Å². The number of hydrogen-bond donors (Lipinski definition) is 3. The largest absolute Gasteiger partial charge is 0.508 e. The lowest BCUT2D eigenvalue weighted by molar-refractivity contribution is -0.138. The van der Waals surface area contributed by atoms with E-state index in [2.05, 4.69) is 18.7 Å². The third-order valence-electron chi connectivity index (χ3n) is 6.44. The Morgan fingerprint density at radius 3 is 2.57 bits per heavy atom. The predicted octanol–water partition coefficient (Wildman–Crippen LogP) is 3.57. The normalized spacial score (nSPS) is 26.7. The molecule has 1 aliphatic heterocycles. The van der Waals surface area contributed by atoms with Crippen molar-refractivity contribution in [3.8, 4) is 5.75 Å². The van der Waals surface area contributed by atoms with Crippen molar-refractivity contribution < 1.29 is 20.1 Å². The lowest BCUT2D eigenvalue weighted by atomic mass is 9.63. The van der Waals surface area contributed by atoms with Gasteiger partial charge in [-0.05, 0) is 47.6 Å². The van der Waals surface area contributed by atoms with Gasteiger partial charge < -0.3 is 15.3 Å². The monoisotopic (exact) mass is 383 g/mol. The van der Waals surface area contributed by atoms with Crippen LogP contribution >= 0.6 is 0 Å². The van der Waals surface area contributed by atoms with Crippen molar-refractivity contribution in [3.05, 3.63) is 65.7 Å². The molecule has 2 aromatic rings. The number of carboxylic acids is 1. The fourth-order valence-corrected chi connectivity index (χ4v) is 4.53. The number of carbonyl (C=O) groups is 1. The zero-order chi connectivity index (χ0) is 20.3. The van der Waals surface area contributed by atoms with Crippen LogP contribution in [0.2, 0.25) is 0 Å². The number of aliphatic hydroxyl groups is 1. The summed E-state index contributed by atoms with van der Waals surface area (Å²) in [6.45, 7) is 5.39. The molecule has 0 bridgehead atoms. The lowest BCUT2D eigenvalue weighted by Crippen LogP contribution is -2.56. The number of phenolic OH excluding ortho intramolecular Hbond substituents is 1. The number of likely N-dealkylation sites (tertiary alicyclic amines) is 1. The topological polar surface area (TPSA) is 81.0 Å². The maximum Gasteiger partial charge on any atom is 0.304 e. The Balaban J connectivity index is 1.96. The van der Waals surface area contributed by atoms with Crippen LogP contribution in [0.5, 0.6) is 5.75 Å². The number of aliphatic hydroxyl groups excluding tert-OH is 1. The van der Waals surface area contributed by atoms with Gasteiger partial charge in [-0.3, -0.25) is 9.69 Å². The van der Waals surface area contributed by atoms with Crippen LogP contribution in [-0.4, -0.2) is 45.3 Å². The molecule has 0 amide bonds. The predicted molar refractivity (Wildman–Crippen MR) is 108 cm³/mol. The van der Waals surface area contributed by atoms with Crippen LogP contribution in [-0.2, 0) is 10.2 Å². The molecule has 1 saturated heterocycles. The second kappa shape index (κ2) is 8.33. The molecule has 3 rings (SSSR count). The van der Waals surface area contributed by atoms with Gasteiger partial charge in [-0.1, -0.05) is 56.3 Å². The molecule has 0 spiro atoms. The van der Waals surface area contributed by atoms with E-state index in [1.807, 2.05) is 42.5 Å². The van der Waals surface area contributed by atoms with Gasteiger partial charge in [-0.25, -0.2) is 0 Å². The molecule has 4 atom stereocenters. The van der Waals surface area contributed by atoms with Crippen molar-refractivity contribution in [2.45, 2.75) is 44.2 Å². The maximum absolute atomic E-state index is 11.2. The van der Waals surface area contributed by atoms with Gasteiger partial charge in [0.2, 0.25) is 0 Å². The van der Waals surface area contributed by atoms with Crippen molar-refractivity contribution >= 4 is 5.97 Å². The van der Waals surface area contributed by atoms with Gasteiger partial charge >= 0.3 is 5.97 Å². The Hall–Kier alpha value is -2.37. The SMILES string of the molecule is C[C@H]1C([C@@H](O)c2ccccc2)N(CCC(=O)O)CC[C@@]1(C)c1cccc(O)c1. The van der Waals surface area contributed by atoms with Gasteiger partial charge in [0.25, 0.3) is 0 Å². The van der Waals surface area contributed by atoms with Gasteiger partial charge in [0, 0.05) is 12.6 Å². The second-order valence-electron chi connectivity index (χ2n) is 8.03. The second-order valence-corrected chi connectivity index (χ2v) is 8.03. The summed E-state index contributed by atoms with van der Waals surface area (Å²) in [5.41, 5.74) is 1.64. The summed E-state index contributed by atoms with van der Waals surface area (Å²) in [6.07, 6.45) is 0.157. The third-order valence-corrected chi connectivity index (χ3v) is 6.44. The minimum atomic E-state index is -0.832. The lowest BCUT2D eigenvalue weighted by Gasteiger charge is -2.52. The van der Waals surface area contributed by atoms with E-state index in [4.69, 9.17) is 5.11 Å². The summed E-state index contributed by atoms with van der Waals surface area (Å²) in [6, 6.07) is 16.7. The Morgan fingerprint density at radius 2 is 1.93 bits per heavy atom. The summed E-state index contributed by atoms with van der Waals surface area (Å²) < 4.78 is 0. The van der Waals surface area contributed by atoms with Gasteiger partial charge in [0.05, 0.1) is 12.5 Å². The van der Waals surface area contributed by atoms with Crippen molar-refractivity contribution in [1.29, 1.82) is 0 Å². The number of nitrogens with zero attached hydrogens (tertiary/aromatic N) is 1. The van der Waals surface area contributed by atoms with Crippen molar-refractivity contribution in [2.24, 2.45) is 5.92 Å². The van der Waals surface area contributed by atoms with Crippen LogP contribution in [0.25, 0.3) is 0 Å². The van der Waals surface area contributed by atoms with Crippen molar-refractivity contribution in [3.63, 3.8) is 0 Å².